The second-order valence-electron chi connectivity index (χ2n) is 5.16. The highest BCUT2D eigenvalue weighted by molar-refractivity contribution is 6.67. The molecule has 0 aliphatic heterocycles. The van der Waals surface area contributed by atoms with Crippen molar-refractivity contribution in [2.75, 3.05) is 13.2 Å². The van der Waals surface area contributed by atoms with Gasteiger partial charge in [0.2, 0.25) is 9.69 Å². The van der Waals surface area contributed by atoms with Crippen molar-refractivity contribution in [3.8, 4) is 11.5 Å². The number of oxime groups is 1. The first-order valence-corrected chi connectivity index (χ1v) is 9.18. The zero-order chi connectivity index (χ0) is 19.0. The first-order valence-electron chi connectivity index (χ1n) is 7.29. The molecular weight excluding hydrogens is 435 g/mol. The van der Waals surface area contributed by atoms with Gasteiger partial charge in [-0.1, -0.05) is 63.2 Å². The van der Waals surface area contributed by atoms with Crippen molar-refractivity contribution in [2.24, 2.45) is 5.16 Å². The summed E-state index contributed by atoms with van der Waals surface area (Å²) in [6, 6.07) is 2.74. The maximum atomic E-state index is 9.40. The molecule has 0 aliphatic rings. The SMILES string of the molecule is CC(=NOCC(Cl)(Cl)Cl)OCCCC(C)Oc1c(Cl)cc(O)cc1Cl. The number of halogens is 5. The van der Waals surface area contributed by atoms with E-state index in [1.54, 1.807) is 6.92 Å². The molecule has 0 heterocycles. The first-order chi connectivity index (χ1) is 11.6. The Kier molecular flexibility index (Phi) is 9.60. The van der Waals surface area contributed by atoms with Crippen LogP contribution in [0.1, 0.15) is 26.7 Å². The standard InChI is InChI=1S/C15H18Cl5NO4/c1-9(25-14-12(16)6-11(22)7-13(14)17)4-3-5-23-10(2)21-24-8-15(18,19)20/h6-7,9,22H,3-5,8H2,1-2H3. The molecule has 1 aromatic rings. The van der Waals surface area contributed by atoms with E-state index in [9.17, 15) is 5.11 Å². The lowest BCUT2D eigenvalue weighted by molar-refractivity contribution is 0.134. The molecule has 5 nitrogen and oxygen atoms in total. The predicted molar refractivity (Wildman–Crippen MR) is 103 cm³/mol. The number of benzene rings is 1. The van der Waals surface area contributed by atoms with Crippen LogP contribution in [-0.2, 0) is 9.57 Å². The molecule has 10 heteroatoms. The normalized spacial score (nSPS) is 13.5. The van der Waals surface area contributed by atoms with Gasteiger partial charge in [0, 0.05) is 19.1 Å². The van der Waals surface area contributed by atoms with Gasteiger partial charge in [-0.3, -0.25) is 0 Å². The minimum atomic E-state index is -1.52. The van der Waals surface area contributed by atoms with Gasteiger partial charge in [0.05, 0.1) is 22.8 Å². The first kappa shape index (κ1) is 22.6. The summed E-state index contributed by atoms with van der Waals surface area (Å²) in [4.78, 5) is 4.85. The minimum absolute atomic E-state index is 0.0184. The smallest absolute Gasteiger partial charge is 0.226 e. The Balaban J connectivity index is 2.31. The second-order valence-corrected chi connectivity index (χ2v) is 8.49. The van der Waals surface area contributed by atoms with E-state index in [0.29, 0.717) is 31.1 Å². The molecule has 0 bridgehead atoms. The molecule has 0 radical (unpaired) electrons. The highest BCUT2D eigenvalue weighted by Crippen LogP contribution is 2.37. The summed E-state index contributed by atoms with van der Waals surface area (Å²) in [5.41, 5.74) is 0. The van der Waals surface area contributed by atoms with Crippen molar-refractivity contribution in [1.29, 1.82) is 0 Å². The third kappa shape index (κ3) is 9.71. The van der Waals surface area contributed by atoms with Crippen LogP contribution >= 0.6 is 58.0 Å². The summed E-state index contributed by atoms with van der Waals surface area (Å²) in [5, 5.41) is 13.6. The number of hydrogen-bond acceptors (Lipinski definition) is 5. The molecule has 25 heavy (non-hydrogen) atoms. The number of nitrogens with zero attached hydrogens (tertiary/aromatic N) is 1. The average molecular weight is 454 g/mol. The lowest BCUT2D eigenvalue weighted by Crippen LogP contribution is -2.14. The number of ether oxygens (including phenoxy) is 2. The van der Waals surface area contributed by atoms with Crippen molar-refractivity contribution in [1.82, 2.24) is 0 Å². The van der Waals surface area contributed by atoms with E-state index in [-0.39, 0.29) is 28.5 Å². The molecule has 0 saturated heterocycles. The lowest BCUT2D eigenvalue weighted by Gasteiger charge is -2.17. The maximum Gasteiger partial charge on any atom is 0.226 e. The van der Waals surface area contributed by atoms with Gasteiger partial charge in [0.1, 0.15) is 5.75 Å². The average Bonchev–Trinajstić information content (AvgIpc) is 2.46. The fourth-order valence-electron chi connectivity index (χ4n) is 1.73. The van der Waals surface area contributed by atoms with Crippen molar-refractivity contribution in [3.05, 3.63) is 22.2 Å². The molecular formula is C15H18Cl5NO4. The summed E-state index contributed by atoms with van der Waals surface area (Å²) < 4.78 is 9.57. The number of rotatable bonds is 8. The summed E-state index contributed by atoms with van der Waals surface area (Å²) in [6.07, 6.45) is 1.24. The Hall–Kier alpha value is -0.460. The van der Waals surface area contributed by atoms with E-state index in [4.69, 9.17) is 72.3 Å². The fraction of sp³-hybridized carbons (Fsp3) is 0.533. The molecule has 1 unspecified atom stereocenters. The van der Waals surface area contributed by atoms with Crippen LogP contribution < -0.4 is 4.74 Å². The van der Waals surface area contributed by atoms with Gasteiger partial charge in [-0.05, 0) is 19.8 Å². The van der Waals surface area contributed by atoms with E-state index < -0.39 is 3.79 Å². The van der Waals surface area contributed by atoms with Crippen LogP contribution in [0.2, 0.25) is 10.0 Å². The quantitative estimate of drug-likeness (QED) is 0.173. The summed E-state index contributed by atoms with van der Waals surface area (Å²) in [6.45, 7) is 3.76. The Labute approximate surface area is 171 Å². The lowest BCUT2D eigenvalue weighted by atomic mass is 10.2. The van der Waals surface area contributed by atoms with Crippen molar-refractivity contribution in [2.45, 2.75) is 36.6 Å². The van der Waals surface area contributed by atoms with Gasteiger partial charge in [0.25, 0.3) is 0 Å². The molecule has 142 valence electrons. The van der Waals surface area contributed by atoms with Crippen molar-refractivity contribution < 1.29 is 19.4 Å². The minimum Gasteiger partial charge on any atom is -0.508 e. The fourth-order valence-corrected chi connectivity index (χ4v) is 2.44. The van der Waals surface area contributed by atoms with E-state index in [2.05, 4.69) is 5.16 Å². The number of phenols is 1. The molecule has 0 saturated carbocycles. The Morgan fingerprint density at radius 1 is 1.24 bits per heavy atom. The van der Waals surface area contributed by atoms with Crippen molar-refractivity contribution in [3.63, 3.8) is 0 Å². The van der Waals surface area contributed by atoms with Gasteiger partial charge in [-0.15, -0.1) is 0 Å². The van der Waals surface area contributed by atoms with Crippen LogP contribution in [0.4, 0.5) is 0 Å². The van der Waals surface area contributed by atoms with Crippen LogP contribution in [-0.4, -0.2) is 34.1 Å². The van der Waals surface area contributed by atoms with Gasteiger partial charge < -0.3 is 19.4 Å². The number of phenolic OH excluding ortho intramolecular Hbond substituents is 1. The number of hydrogen-bond donors (Lipinski definition) is 1. The van der Waals surface area contributed by atoms with E-state index in [1.165, 1.54) is 12.1 Å². The van der Waals surface area contributed by atoms with Crippen LogP contribution in [0.3, 0.4) is 0 Å². The summed E-state index contributed by atoms with van der Waals surface area (Å²) in [7, 11) is 0. The zero-order valence-electron chi connectivity index (χ0n) is 13.6. The van der Waals surface area contributed by atoms with Crippen LogP contribution in [0, 0.1) is 0 Å². The predicted octanol–water partition coefficient (Wildman–Crippen LogP) is 5.98. The molecule has 0 fully saturated rings. The van der Waals surface area contributed by atoms with Crippen LogP contribution in [0.15, 0.2) is 17.3 Å². The van der Waals surface area contributed by atoms with Crippen LogP contribution in [0.5, 0.6) is 11.5 Å². The maximum absolute atomic E-state index is 9.40. The molecule has 1 rings (SSSR count). The van der Waals surface area contributed by atoms with Gasteiger partial charge in [-0.25, -0.2) is 0 Å². The molecule has 0 amide bonds. The number of alkyl halides is 3. The molecule has 0 spiro atoms. The van der Waals surface area contributed by atoms with E-state index in [0.717, 1.165) is 0 Å². The number of aromatic hydroxyl groups is 1. The van der Waals surface area contributed by atoms with Gasteiger partial charge in [-0.2, -0.15) is 0 Å². The largest absolute Gasteiger partial charge is 0.508 e. The van der Waals surface area contributed by atoms with E-state index >= 15 is 0 Å². The second kappa shape index (κ2) is 10.6. The monoisotopic (exact) mass is 451 g/mol. The third-order valence-corrected chi connectivity index (χ3v) is 3.68. The Bertz CT molecular complexity index is 569. The van der Waals surface area contributed by atoms with E-state index in [1.807, 2.05) is 6.92 Å². The van der Waals surface area contributed by atoms with Crippen LogP contribution in [0.25, 0.3) is 0 Å². The topological polar surface area (TPSA) is 60.3 Å². The van der Waals surface area contributed by atoms with Gasteiger partial charge >= 0.3 is 0 Å². The molecule has 1 atom stereocenters. The Morgan fingerprint density at radius 3 is 2.40 bits per heavy atom. The summed E-state index contributed by atoms with van der Waals surface area (Å²) in [5.74, 6) is 0.648. The zero-order valence-corrected chi connectivity index (χ0v) is 17.3. The highest BCUT2D eigenvalue weighted by atomic mass is 35.6. The molecule has 0 aliphatic carbocycles. The highest BCUT2D eigenvalue weighted by Gasteiger charge is 2.20. The summed E-state index contributed by atoms with van der Waals surface area (Å²) >= 11 is 28.6. The molecule has 0 aromatic heterocycles. The molecule has 1 aromatic carbocycles. The Morgan fingerprint density at radius 2 is 1.84 bits per heavy atom. The van der Waals surface area contributed by atoms with Crippen molar-refractivity contribution >= 4 is 63.9 Å². The van der Waals surface area contributed by atoms with Gasteiger partial charge in [0.15, 0.2) is 12.4 Å². The molecule has 1 N–H and O–H groups in total. The third-order valence-electron chi connectivity index (χ3n) is 2.79.